The Bertz CT molecular complexity index is 209. The van der Waals surface area contributed by atoms with Gasteiger partial charge in [0.1, 0.15) is 0 Å². The Morgan fingerprint density at radius 2 is 1.44 bits per heavy atom. The van der Waals surface area contributed by atoms with Crippen molar-refractivity contribution in [2.45, 2.75) is 78.1 Å². The van der Waals surface area contributed by atoms with Crippen LogP contribution in [0, 0.1) is 0 Å². The van der Waals surface area contributed by atoms with E-state index in [1.54, 1.807) is 0 Å². The molecule has 2 nitrogen and oxygen atoms in total. The number of carbonyl (C=O) groups excluding carboxylic acids is 1. The second-order valence-corrected chi connectivity index (χ2v) is 4.84. The van der Waals surface area contributed by atoms with Crippen molar-refractivity contribution in [2.24, 2.45) is 0 Å². The van der Waals surface area contributed by atoms with Crippen molar-refractivity contribution >= 4 is 5.97 Å². The van der Waals surface area contributed by atoms with Gasteiger partial charge in [0.05, 0.1) is 6.61 Å². The molecule has 0 spiro atoms. The molecule has 0 saturated heterocycles. The minimum Gasteiger partial charge on any atom is -0.466 e. The fraction of sp³-hybridized carbons (Fsp3) is 0.812. The van der Waals surface area contributed by atoms with Crippen molar-refractivity contribution < 1.29 is 9.53 Å². The summed E-state index contributed by atoms with van der Waals surface area (Å²) >= 11 is 0. The second kappa shape index (κ2) is 14.3. The Balaban J connectivity index is 2.99. The first-order valence-corrected chi connectivity index (χ1v) is 7.55. The predicted molar refractivity (Wildman–Crippen MR) is 77.6 cm³/mol. The topological polar surface area (TPSA) is 26.3 Å². The van der Waals surface area contributed by atoms with Gasteiger partial charge in [-0.25, -0.2) is 0 Å². The Hall–Kier alpha value is -0.790. The van der Waals surface area contributed by atoms with Gasteiger partial charge in [0.15, 0.2) is 0 Å². The fourth-order valence-corrected chi connectivity index (χ4v) is 1.93. The highest BCUT2D eigenvalue weighted by molar-refractivity contribution is 5.65. The molecular formula is C16H30O2. The second-order valence-electron chi connectivity index (χ2n) is 4.84. The van der Waals surface area contributed by atoms with Gasteiger partial charge in [-0.05, 0) is 25.7 Å². The van der Waals surface area contributed by atoms with Gasteiger partial charge in [-0.15, -0.1) is 0 Å². The van der Waals surface area contributed by atoms with E-state index < -0.39 is 0 Å². The zero-order valence-electron chi connectivity index (χ0n) is 12.2. The van der Waals surface area contributed by atoms with Gasteiger partial charge in [-0.1, -0.05) is 57.6 Å². The van der Waals surface area contributed by atoms with Gasteiger partial charge in [0.25, 0.3) is 0 Å². The van der Waals surface area contributed by atoms with Crippen LogP contribution in [0.4, 0.5) is 0 Å². The molecule has 0 aromatic heterocycles. The highest BCUT2D eigenvalue weighted by Crippen LogP contribution is 2.10. The number of allylic oxidation sites excluding steroid dienone is 2. The molecule has 0 aromatic carbocycles. The van der Waals surface area contributed by atoms with E-state index in [0.717, 1.165) is 12.8 Å². The third kappa shape index (κ3) is 15.2. The molecule has 0 radical (unpaired) electrons. The Morgan fingerprint density at radius 1 is 0.889 bits per heavy atom. The molecule has 0 aromatic rings. The summed E-state index contributed by atoms with van der Waals surface area (Å²) in [4.78, 5) is 10.5. The van der Waals surface area contributed by atoms with E-state index in [1.807, 2.05) is 0 Å². The summed E-state index contributed by atoms with van der Waals surface area (Å²) in [5.41, 5.74) is 0. The zero-order valence-corrected chi connectivity index (χ0v) is 12.2. The highest BCUT2D eigenvalue weighted by atomic mass is 16.5. The van der Waals surface area contributed by atoms with Crippen molar-refractivity contribution in [2.75, 3.05) is 6.61 Å². The summed E-state index contributed by atoms with van der Waals surface area (Å²) in [6, 6.07) is 0. The Labute approximate surface area is 113 Å². The molecule has 0 amide bonds. The summed E-state index contributed by atoms with van der Waals surface area (Å²) in [7, 11) is 0. The first-order chi connectivity index (χ1) is 8.77. The first-order valence-electron chi connectivity index (χ1n) is 7.55. The minimum absolute atomic E-state index is 0.160. The van der Waals surface area contributed by atoms with Crippen molar-refractivity contribution in [1.29, 1.82) is 0 Å². The average Bonchev–Trinajstić information content (AvgIpc) is 2.34. The monoisotopic (exact) mass is 254 g/mol. The number of esters is 1. The van der Waals surface area contributed by atoms with Gasteiger partial charge in [-0.3, -0.25) is 4.79 Å². The summed E-state index contributed by atoms with van der Waals surface area (Å²) in [6.07, 6.45) is 17.2. The third-order valence-electron chi connectivity index (χ3n) is 2.97. The van der Waals surface area contributed by atoms with E-state index in [4.69, 9.17) is 4.74 Å². The van der Waals surface area contributed by atoms with Gasteiger partial charge < -0.3 is 4.74 Å². The van der Waals surface area contributed by atoms with E-state index in [1.165, 1.54) is 58.3 Å². The summed E-state index contributed by atoms with van der Waals surface area (Å²) in [5.74, 6) is -0.160. The van der Waals surface area contributed by atoms with E-state index in [9.17, 15) is 4.79 Å². The van der Waals surface area contributed by atoms with Gasteiger partial charge >= 0.3 is 5.97 Å². The number of hydrogen-bond donors (Lipinski definition) is 0. The lowest BCUT2D eigenvalue weighted by atomic mass is 10.1. The molecule has 2 heteroatoms. The molecule has 0 rings (SSSR count). The molecule has 0 N–H and O–H groups in total. The fourth-order valence-electron chi connectivity index (χ4n) is 1.93. The Kier molecular flexibility index (Phi) is 13.6. The lowest BCUT2D eigenvalue weighted by Crippen LogP contribution is -2.00. The molecule has 0 fully saturated rings. The van der Waals surface area contributed by atoms with Crippen LogP contribution in [0.2, 0.25) is 0 Å². The quantitative estimate of drug-likeness (QED) is 0.277. The molecule has 0 unspecified atom stereocenters. The highest BCUT2D eigenvalue weighted by Gasteiger charge is 1.94. The molecule has 18 heavy (non-hydrogen) atoms. The lowest BCUT2D eigenvalue weighted by molar-refractivity contribution is -0.141. The number of carbonyl (C=O) groups is 1. The first kappa shape index (κ1) is 17.2. The maximum atomic E-state index is 10.5. The maximum Gasteiger partial charge on any atom is 0.302 e. The third-order valence-corrected chi connectivity index (χ3v) is 2.97. The average molecular weight is 254 g/mol. The van der Waals surface area contributed by atoms with Crippen molar-refractivity contribution in [3.05, 3.63) is 12.2 Å². The van der Waals surface area contributed by atoms with Crippen LogP contribution in [0.3, 0.4) is 0 Å². The zero-order chi connectivity index (χ0) is 13.5. The van der Waals surface area contributed by atoms with Crippen LogP contribution in [-0.2, 0) is 9.53 Å². The van der Waals surface area contributed by atoms with Gasteiger partial charge in [-0.2, -0.15) is 0 Å². The van der Waals surface area contributed by atoms with Crippen molar-refractivity contribution in [3.8, 4) is 0 Å². The van der Waals surface area contributed by atoms with Crippen LogP contribution in [0.5, 0.6) is 0 Å². The number of hydrogen-bond acceptors (Lipinski definition) is 2. The van der Waals surface area contributed by atoms with Crippen LogP contribution in [0.1, 0.15) is 78.1 Å². The molecule has 0 atom stereocenters. The van der Waals surface area contributed by atoms with E-state index in [0.29, 0.717) is 6.61 Å². The molecule has 0 saturated carbocycles. The van der Waals surface area contributed by atoms with Crippen LogP contribution < -0.4 is 0 Å². The van der Waals surface area contributed by atoms with Crippen LogP contribution >= 0.6 is 0 Å². The molecule has 0 aliphatic carbocycles. The van der Waals surface area contributed by atoms with Crippen LogP contribution in [0.15, 0.2) is 12.2 Å². The molecule has 0 heterocycles. The smallest absolute Gasteiger partial charge is 0.302 e. The molecular weight excluding hydrogens is 224 g/mol. The van der Waals surface area contributed by atoms with E-state index in [-0.39, 0.29) is 5.97 Å². The van der Waals surface area contributed by atoms with E-state index in [2.05, 4.69) is 19.1 Å². The van der Waals surface area contributed by atoms with Crippen LogP contribution in [0.25, 0.3) is 0 Å². The number of rotatable bonds is 12. The van der Waals surface area contributed by atoms with Gasteiger partial charge in [0.2, 0.25) is 0 Å². The lowest BCUT2D eigenvalue weighted by Gasteiger charge is -2.02. The number of ether oxygens (including phenoxy) is 1. The summed E-state index contributed by atoms with van der Waals surface area (Å²) in [5, 5.41) is 0. The summed E-state index contributed by atoms with van der Waals surface area (Å²) in [6.45, 7) is 4.24. The van der Waals surface area contributed by atoms with Crippen molar-refractivity contribution in [1.82, 2.24) is 0 Å². The molecule has 0 bridgehead atoms. The largest absolute Gasteiger partial charge is 0.466 e. The SMILES string of the molecule is CC/C=C/CCCCCCCCCCOC(C)=O. The summed E-state index contributed by atoms with van der Waals surface area (Å²) < 4.78 is 4.89. The number of unbranched alkanes of at least 4 members (excludes halogenated alkanes) is 8. The predicted octanol–water partition coefficient (Wildman–Crippen LogP) is 5.03. The molecule has 106 valence electrons. The van der Waals surface area contributed by atoms with Crippen molar-refractivity contribution in [3.63, 3.8) is 0 Å². The van der Waals surface area contributed by atoms with E-state index >= 15 is 0 Å². The molecule has 0 aliphatic heterocycles. The normalized spacial score (nSPS) is 11.0. The molecule has 0 aliphatic rings. The van der Waals surface area contributed by atoms with Crippen LogP contribution in [-0.4, -0.2) is 12.6 Å². The standard InChI is InChI=1S/C16H30O2/c1-3-4-5-6-7-8-9-10-11-12-13-14-15-18-16(2)17/h4-5H,3,6-15H2,1-2H3/b5-4+. The maximum absolute atomic E-state index is 10.5. The Morgan fingerprint density at radius 3 is 2.00 bits per heavy atom. The van der Waals surface area contributed by atoms with Gasteiger partial charge in [0, 0.05) is 6.92 Å². The minimum atomic E-state index is -0.160.